The first-order valence-electron chi connectivity index (χ1n) is 7.85. The minimum atomic E-state index is -1.75. The fourth-order valence-electron chi connectivity index (χ4n) is 2.44. The maximum atomic E-state index is 11.8. The molecule has 1 heterocycles. The third-order valence-corrected chi connectivity index (χ3v) is 9.29. The van der Waals surface area contributed by atoms with Crippen LogP contribution in [0.5, 0.6) is 0 Å². The number of ether oxygens (including phenoxy) is 2. The Hall–Kier alpha value is -0.630. The topological polar surface area (TPSA) is 52.6 Å². The molecule has 0 spiro atoms. The first-order valence-corrected chi connectivity index (χ1v) is 10.5. The van der Waals surface area contributed by atoms with Crippen LogP contribution < -0.4 is 0 Å². The summed E-state index contributed by atoms with van der Waals surface area (Å²) in [4.78, 5) is 23.6. The van der Waals surface area contributed by atoms with Crippen molar-refractivity contribution in [1.29, 1.82) is 0 Å². The molecular formula is C15H29O4P. The molecule has 0 saturated carbocycles. The van der Waals surface area contributed by atoms with Gasteiger partial charge >= 0.3 is 122 Å². The van der Waals surface area contributed by atoms with E-state index in [1.807, 2.05) is 0 Å². The number of hydrogen-bond donors (Lipinski definition) is 0. The van der Waals surface area contributed by atoms with E-state index >= 15 is 0 Å². The Labute approximate surface area is 122 Å². The van der Waals surface area contributed by atoms with Crippen molar-refractivity contribution in [3.05, 3.63) is 0 Å². The number of hydrogen-bond acceptors (Lipinski definition) is 4. The van der Waals surface area contributed by atoms with Crippen LogP contribution in [0.25, 0.3) is 0 Å². The van der Waals surface area contributed by atoms with Crippen LogP contribution in [0.1, 0.15) is 46.5 Å². The van der Waals surface area contributed by atoms with Gasteiger partial charge in [0, 0.05) is 0 Å². The molecule has 118 valence electrons. The van der Waals surface area contributed by atoms with Gasteiger partial charge in [-0.2, -0.15) is 0 Å². The predicted molar refractivity (Wildman–Crippen MR) is 84.1 cm³/mol. The molecular weight excluding hydrogens is 275 g/mol. The van der Waals surface area contributed by atoms with Crippen LogP contribution in [-0.4, -0.2) is 49.3 Å². The van der Waals surface area contributed by atoms with Gasteiger partial charge in [-0.25, -0.2) is 0 Å². The molecule has 4 nitrogen and oxygen atoms in total. The minimum absolute atomic E-state index is 0.115. The van der Waals surface area contributed by atoms with Crippen LogP contribution in [0.15, 0.2) is 0 Å². The van der Waals surface area contributed by atoms with Crippen molar-refractivity contribution < 1.29 is 19.1 Å². The predicted octanol–water partition coefficient (Wildman–Crippen LogP) is 2.83. The Kier molecular flexibility index (Phi) is 7.50. The molecule has 0 aromatic rings. The normalized spacial score (nSPS) is 21.1. The summed E-state index contributed by atoms with van der Waals surface area (Å²) in [5.74, 6) is -0.230. The Balaban J connectivity index is 2.32. The van der Waals surface area contributed by atoms with E-state index in [4.69, 9.17) is 9.47 Å². The second-order valence-electron chi connectivity index (χ2n) is 5.97. The molecule has 0 radical (unpaired) electrons. The van der Waals surface area contributed by atoms with Crippen molar-refractivity contribution in [1.82, 2.24) is 0 Å². The first-order chi connectivity index (χ1) is 9.54. The summed E-state index contributed by atoms with van der Waals surface area (Å²) in [6, 6.07) is 0. The number of rotatable bonds is 10. The molecule has 1 fully saturated rings. The summed E-state index contributed by atoms with van der Waals surface area (Å²) in [6.07, 6.45) is 5.90. The second-order valence-corrected chi connectivity index (χ2v) is 10.8. The Morgan fingerprint density at radius 2 is 1.40 bits per heavy atom. The molecule has 0 aromatic heterocycles. The molecule has 1 aliphatic heterocycles. The van der Waals surface area contributed by atoms with Crippen LogP contribution in [-0.2, 0) is 19.1 Å². The molecule has 0 bridgehead atoms. The number of carbonyl (C=O) groups excluding carboxylic acids is 2. The van der Waals surface area contributed by atoms with Gasteiger partial charge in [0.25, 0.3) is 0 Å². The quantitative estimate of drug-likeness (QED) is 0.354. The molecule has 0 amide bonds. The van der Waals surface area contributed by atoms with E-state index < -0.39 is 7.26 Å². The van der Waals surface area contributed by atoms with Gasteiger partial charge in [-0.15, -0.1) is 0 Å². The van der Waals surface area contributed by atoms with Crippen LogP contribution >= 0.6 is 7.26 Å². The molecule has 1 atom stereocenters. The maximum absolute atomic E-state index is 11.8. The molecule has 1 rings (SSSR count). The molecule has 0 N–H and O–H groups in total. The van der Waals surface area contributed by atoms with Gasteiger partial charge in [0.1, 0.15) is 0 Å². The summed E-state index contributed by atoms with van der Waals surface area (Å²) in [7, 11) is -1.75. The van der Waals surface area contributed by atoms with E-state index in [2.05, 4.69) is 20.8 Å². The average molecular weight is 304 g/mol. The average Bonchev–Trinajstić information content (AvgIpc) is 2.99. The van der Waals surface area contributed by atoms with Crippen LogP contribution in [0.2, 0.25) is 0 Å². The van der Waals surface area contributed by atoms with Crippen LogP contribution in [0.4, 0.5) is 0 Å². The van der Waals surface area contributed by atoms with Crippen molar-refractivity contribution >= 4 is 19.2 Å². The number of unbranched alkanes of at least 4 members (excludes halogenated alkanes) is 2. The Bertz CT molecular complexity index is 306. The zero-order chi connectivity index (χ0) is 15.0. The third kappa shape index (κ3) is 5.78. The fraction of sp³-hybridized carbons (Fsp3) is 0.867. The van der Waals surface area contributed by atoms with E-state index in [0.717, 1.165) is 31.8 Å². The standard InChI is InChI=1S/C15H29O4P/c1-4-6-8-18-14(16)11-20(10-13(20)3)12-15(17)19-9-7-5-2/h13,20H,4-12H2,1-3H3/t13-/m0/s1. The Morgan fingerprint density at radius 3 is 1.70 bits per heavy atom. The van der Waals surface area contributed by atoms with Crippen molar-refractivity contribution in [3.8, 4) is 0 Å². The summed E-state index contributed by atoms with van der Waals surface area (Å²) in [5, 5.41) is 0. The molecule has 1 saturated heterocycles. The van der Waals surface area contributed by atoms with Gasteiger partial charge in [-0.3, -0.25) is 0 Å². The van der Waals surface area contributed by atoms with E-state index in [1.54, 1.807) is 0 Å². The van der Waals surface area contributed by atoms with E-state index in [-0.39, 0.29) is 11.9 Å². The van der Waals surface area contributed by atoms with Crippen molar-refractivity contribution in [2.24, 2.45) is 0 Å². The number of esters is 2. The molecule has 1 aliphatic rings. The van der Waals surface area contributed by atoms with Gasteiger partial charge in [0.15, 0.2) is 0 Å². The zero-order valence-electron chi connectivity index (χ0n) is 13.1. The first kappa shape index (κ1) is 17.4. The van der Waals surface area contributed by atoms with Gasteiger partial charge < -0.3 is 0 Å². The summed E-state index contributed by atoms with van der Waals surface area (Å²) in [6.45, 7) is 7.30. The summed E-state index contributed by atoms with van der Waals surface area (Å²) >= 11 is 0. The molecule has 5 heteroatoms. The van der Waals surface area contributed by atoms with Gasteiger partial charge in [0.2, 0.25) is 0 Å². The molecule has 0 aromatic carbocycles. The van der Waals surface area contributed by atoms with Gasteiger partial charge in [-0.1, -0.05) is 0 Å². The molecule has 0 aliphatic carbocycles. The number of carbonyl (C=O) groups is 2. The van der Waals surface area contributed by atoms with E-state index in [0.29, 0.717) is 31.2 Å². The van der Waals surface area contributed by atoms with E-state index in [1.165, 1.54) is 0 Å². The van der Waals surface area contributed by atoms with Crippen LogP contribution in [0, 0.1) is 0 Å². The van der Waals surface area contributed by atoms with E-state index in [9.17, 15) is 9.59 Å². The zero-order valence-corrected chi connectivity index (χ0v) is 14.1. The van der Waals surface area contributed by atoms with Crippen molar-refractivity contribution in [2.45, 2.75) is 52.1 Å². The Morgan fingerprint density at radius 1 is 1.00 bits per heavy atom. The second kappa shape index (κ2) is 8.61. The van der Waals surface area contributed by atoms with Gasteiger partial charge in [-0.05, 0) is 0 Å². The van der Waals surface area contributed by atoms with Crippen LogP contribution in [0.3, 0.4) is 0 Å². The fourth-order valence-corrected chi connectivity index (χ4v) is 6.88. The summed E-state index contributed by atoms with van der Waals surface area (Å²) in [5.41, 5.74) is 0.542. The third-order valence-electron chi connectivity index (χ3n) is 4.11. The molecule has 20 heavy (non-hydrogen) atoms. The monoisotopic (exact) mass is 304 g/mol. The SMILES string of the molecule is CCCCOC(=O)C[PH]1(CC(=O)OCCCC)C[C@@H]1C. The van der Waals surface area contributed by atoms with Crippen molar-refractivity contribution in [3.63, 3.8) is 0 Å². The van der Waals surface area contributed by atoms with Crippen molar-refractivity contribution in [2.75, 3.05) is 31.7 Å². The summed E-state index contributed by atoms with van der Waals surface area (Å²) < 4.78 is 10.5. The van der Waals surface area contributed by atoms with Gasteiger partial charge in [0.05, 0.1) is 0 Å². The molecule has 0 unspecified atom stereocenters.